The van der Waals surface area contributed by atoms with Crippen molar-refractivity contribution >= 4 is 15.7 Å². The van der Waals surface area contributed by atoms with Gasteiger partial charge in [0.05, 0.1) is 11.4 Å². The summed E-state index contributed by atoms with van der Waals surface area (Å²) in [6.07, 6.45) is 1.78. The van der Waals surface area contributed by atoms with Crippen molar-refractivity contribution in [2.45, 2.75) is 18.4 Å². The summed E-state index contributed by atoms with van der Waals surface area (Å²) in [5.74, 6) is 0. The van der Waals surface area contributed by atoms with E-state index in [4.69, 9.17) is 5.14 Å². The van der Waals surface area contributed by atoms with Crippen LogP contribution in [0.5, 0.6) is 0 Å². The van der Waals surface area contributed by atoms with Gasteiger partial charge in [0.25, 0.3) is 0 Å². The predicted octanol–water partition coefficient (Wildman–Crippen LogP) is 0.383. The quantitative estimate of drug-likeness (QED) is 0.843. The minimum atomic E-state index is -3.69. The van der Waals surface area contributed by atoms with Crippen molar-refractivity contribution in [1.29, 1.82) is 0 Å². The van der Waals surface area contributed by atoms with Crippen LogP contribution in [-0.4, -0.2) is 23.4 Å². The minimum absolute atomic E-state index is 0.0831. The van der Waals surface area contributed by atoms with E-state index in [1.807, 2.05) is 6.92 Å². The number of benzene rings is 1. The third-order valence-electron chi connectivity index (χ3n) is 2.65. The van der Waals surface area contributed by atoms with Crippen LogP contribution >= 0.6 is 0 Å². The molecular formula is C11H15N5O2S. The molecule has 0 radical (unpaired) electrons. The molecule has 1 aromatic heterocycles. The number of sulfonamides is 1. The first-order chi connectivity index (χ1) is 8.86. The monoisotopic (exact) mass is 281 g/mol. The van der Waals surface area contributed by atoms with Gasteiger partial charge in [-0.05, 0) is 24.6 Å². The lowest BCUT2D eigenvalue weighted by Gasteiger charge is -2.09. The highest BCUT2D eigenvalue weighted by Crippen LogP contribution is 2.19. The second kappa shape index (κ2) is 4.98. The van der Waals surface area contributed by atoms with Crippen LogP contribution in [-0.2, 0) is 23.6 Å². The van der Waals surface area contributed by atoms with Crippen LogP contribution in [0.3, 0.4) is 0 Å². The fourth-order valence-corrected chi connectivity index (χ4v) is 2.17. The Bertz CT molecular complexity index is 693. The molecule has 1 heterocycles. The van der Waals surface area contributed by atoms with Crippen LogP contribution in [0.15, 0.2) is 29.3 Å². The number of hydrogen-bond acceptors (Lipinski definition) is 5. The first-order valence-electron chi connectivity index (χ1n) is 5.59. The fraction of sp³-hybridized carbons (Fsp3) is 0.273. The first kappa shape index (κ1) is 13.5. The van der Waals surface area contributed by atoms with Crippen LogP contribution < -0.4 is 10.5 Å². The molecule has 0 unspecified atom stereocenters. The summed E-state index contributed by atoms with van der Waals surface area (Å²) < 4.78 is 24.2. The van der Waals surface area contributed by atoms with E-state index in [2.05, 4.69) is 15.6 Å². The Morgan fingerprint density at radius 1 is 1.42 bits per heavy atom. The summed E-state index contributed by atoms with van der Waals surface area (Å²) in [7, 11) is -1.91. The normalized spacial score (nSPS) is 11.5. The van der Waals surface area contributed by atoms with Crippen molar-refractivity contribution in [3.05, 3.63) is 35.7 Å². The van der Waals surface area contributed by atoms with Gasteiger partial charge in [0, 0.05) is 18.9 Å². The van der Waals surface area contributed by atoms with Gasteiger partial charge in [0.15, 0.2) is 0 Å². The Morgan fingerprint density at radius 2 is 2.16 bits per heavy atom. The van der Waals surface area contributed by atoms with Gasteiger partial charge in [0.2, 0.25) is 10.0 Å². The zero-order valence-electron chi connectivity index (χ0n) is 10.7. The zero-order valence-corrected chi connectivity index (χ0v) is 11.5. The van der Waals surface area contributed by atoms with E-state index in [-0.39, 0.29) is 4.90 Å². The summed E-state index contributed by atoms with van der Waals surface area (Å²) in [6, 6.07) is 4.71. The van der Waals surface area contributed by atoms with Crippen molar-refractivity contribution in [1.82, 2.24) is 15.0 Å². The number of aryl methyl sites for hydroxylation is 2. The Balaban J connectivity index is 2.20. The molecule has 0 aliphatic heterocycles. The number of anilines is 1. The van der Waals surface area contributed by atoms with E-state index in [0.29, 0.717) is 12.2 Å². The molecule has 2 aromatic rings. The summed E-state index contributed by atoms with van der Waals surface area (Å²) >= 11 is 0. The molecule has 0 aliphatic rings. The zero-order chi connectivity index (χ0) is 14.0. The Labute approximate surface area is 111 Å². The highest BCUT2D eigenvalue weighted by atomic mass is 32.2. The van der Waals surface area contributed by atoms with Crippen LogP contribution in [0, 0.1) is 6.92 Å². The molecule has 3 N–H and O–H groups in total. The largest absolute Gasteiger partial charge is 0.379 e. The van der Waals surface area contributed by atoms with Gasteiger partial charge >= 0.3 is 0 Å². The van der Waals surface area contributed by atoms with Crippen molar-refractivity contribution in [2.24, 2.45) is 12.2 Å². The van der Waals surface area contributed by atoms with Gasteiger partial charge < -0.3 is 5.32 Å². The minimum Gasteiger partial charge on any atom is -0.379 e. The maximum Gasteiger partial charge on any atom is 0.238 e. The second-order valence-electron chi connectivity index (χ2n) is 4.26. The van der Waals surface area contributed by atoms with E-state index < -0.39 is 10.0 Å². The fourth-order valence-electron chi connectivity index (χ4n) is 1.63. The van der Waals surface area contributed by atoms with Crippen molar-refractivity contribution in [3.63, 3.8) is 0 Å². The molecule has 0 saturated carbocycles. The van der Waals surface area contributed by atoms with Crippen LogP contribution in [0.2, 0.25) is 0 Å². The van der Waals surface area contributed by atoms with Gasteiger partial charge in [0.1, 0.15) is 5.69 Å². The smallest absolute Gasteiger partial charge is 0.238 e. The lowest BCUT2D eigenvalue weighted by atomic mass is 10.2. The van der Waals surface area contributed by atoms with E-state index >= 15 is 0 Å². The summed E-state index contributed by atoms with van der Waals surface area (Å²) in [5, 5.41) is 16.0. The van der Waals surface area contributed by atoms with Crippen LogP contribution in [0.1, 0.15) is 11.3 Å². The van der Waals surface area contributed by atoms with Crippen LogP contribution in [0.25, 0.3) is 0 Å². The van der Waals surface area contributed by atoms with Crippen molar-refractivity contribution < 1.29 is 8.42 Å². The van der Waals surface area contributed by atoms with Gasteiger partial charge in [-0.3, -0.25) is 4.68 Å². The lowest BCUT2D eigenvalue weighted by Crippen LogP contribution is -2.13. The molecule has 0 bridgehead atoms. The molecule has 0 spiro atoms. The first-order valence-corrected chi connectivity index (χ1v) is 7.13. The Hall–Kier alpha value is -1.93. The van der Waals surface area contributed by atoms with Crippen molar-refractivity contribution in [2.75, 3.05) is 5.32 Å². The molecule has 0 aliphatic carbocycles. The number of nitrogens with one attached hydrogen (secondary N) is 1. The molecule has 8 heteroatoms. The SMILES string of the molecule is Cc1ccc(S(N)(=O)=O)cc1NCc1cn(C)nn1. The summed E-state index contributed by atoms with van der Waals surface area (Å²) in [6.45, 7) is 2.34. The second-order valence-corrected chi connectivity index (χ2v) is 5.82. The maximum atomic E-state index is 11.3. The molecule has 0 atom stereocenters. The molecule has 0 amide bonds. The summed E-state index contributed by atoms with van der Waals surface area (Å²) in [4.78, 5) is 0.0831. The topological polar surface area (TPSA) is 103 Å². The number of rotatable bonds is 4. The highest BCUT2D eigenvalue weighted by Gasteiger charge is 2.10. The van der Waals surface area contributed by atoms with Crippen molar-refractivity contribution in [3.8, 4) is 0 Å². The standard InChI is InChI=1S/C11H15N5O2S/c1-8-3-4-10(19(12,17)18)5-11(8)13-6-9-7-16(2)15-14-9/h3-5,7,13H,6H2,1-2H3,(H2,12,17,18). The van der Waals surface area contributed by atoms with E-state index in [1.54, 1.807) is 24.0 Å². The highest BCUT2D eigenvalue weighted by molar-refractivity contribution is 7.89. The van der Waals surface area contributed by atoms with Gasteiger partial charge in [-0.1, -0.05) is 11.3 Å². The van der Waals surface area contributed by atoms with Gasteiger partial charge in [-0.15, -0.1) is 5.10 Å². The average molecular weight is 281 g/mol. The molecule has 0 fully saturated rings. The average Bonchev–Trinajstić information content (AvgIpc) is 2.72. The number of primary sulfonamides is 1. The molecule has 102 valence electrons. The molecule has 2 rings (SSSR count). The Morgan fingerprint density at radius 3 is 2.74 bits per heavy atom. The molecular weight excluding hydrogens is 266 g/mol. The number of nitrogens with two attached hydrogens (primary N) is 1. The third kappa shape index (κ3) is 3.30. The molecule has 19 heavy (non-hydrogen) atoms. The molecule has 0 saturated heterocycles. The van der Waals surface area contributed by atoms with E-state index in [1.165, 1.54) is 12.1 Å². The summed E-state index contributed by atoms with van der Waals surface area (Å²) in [5.41, 5.74) is 2.40. The number of hydrogen-bond donors (Lipinski definition) is 2. The maximum absolute atomic E-state index is 11.3. The van der Waals surface area contributed by atoms with Gasteiger partial charge in [-0.25, -0.2) is 13.6 Å². The van der Waals surface area contributed by atoms with E-state index in [9.17, 15) is 8.42 Å². The molecule has 1 aromatic carbocycles. The van der Waals surface area contributed by atoms with Gasteiger partial charge in [-0.2, -0.15) is 0 Å². The molecule has 7 nitrogen and oxygen atoms in total. The predicted molar refractivity (Wildman–Crippen MR) is 70.9 cm³/mol. The third-order valence-corrected chi connectivity index (χ3v) is 3.56. The Kier molecular flexibility index (Phi) is 3.54. The number of nitrogens with zero attached hydrogens (tertiary/aromatic N) is 3. The van der Waals surface area contributed by atoms with Crippen LogP contribution in [0.4, 0.5) is 5.69 Å². The number of aromatic nitrogens is 3. The van der Waals surface area contributed by atoms with E-state index in [0.717, 1.165) is 11.3 Å². The lowest BCUT2D eigenvalue weighted by molar-refractivity contribution is 0.598.